The standard InChI is InChI=1S/C64H62N4O.Pt/c1-61(2,3)44-24-18-23-43(33-44)52-28-20-30-56-60(52)67(49-35-46(63(7,8)9)34-47(36-49)64(10,11)12)41-66(56)48-25-19-26-50(38-48)69-51-39-54(42-21-14-13-15-22-42)59-53-27-16-17-29-55(53)68(57(59)40-51)58-37-45(31-32-65-58)62(4,5)6;/h13-37,39H,1-12H3;/q;+2. The van der Waals surface area contributed by atoms with Gasteiger partial charge in [0.2, 0.25) is 5.69 Å². The Hall–Kier alpha value is -6.64. The molecule has 1 aliphatic heterocycles. The van der Waals surface area contributed by atoms with Gasteiger partial charge in [-0.05, 0) is 89.3 Å². The number of nitrogens with zero attached hydrogens (tertiary/aromatic N) is 4. The molecule has 10 rings (SSSR count). The van der Waals surface area contributed by atoms with Crippen LogP contribution in [0.2, 0.25) is 0 Å². The van der Waals surface area contributed by atoms with Crippen molar-refractivity contribution in [2.75, 3.05) is 0 Å². The van der Waals surface area contributed by atoms with Gasteiger partial charge in [0.05, 0.1) is 5.56 Å². The van der Waals surface area contributed by atoms with Gasteiger partial charge < -0.3 is 9.30 Å². The van der Waals surface area contributed by atoms with Crippen LogP contribution >= 0.6 is 0 Å². The Morgan fingerprint density at radius 1 is 0.514 bits per heavy atom. The maximum absolute atomic E-state index is 6.94. The van der Waals surface area contributed by atoms with Crippen molar-refractivity contribution >= 4 is 50.6 Å². The minimum absolute atomic E-state index is 0. The predicted octanol–water partition coefficient (Wildman–Crippen LogP) is 16.9. The smallest absolute Gasteiger partial charge is 0.509 e. The molecule has 0 fully saturated rings. The van der Waals surface area contributed by atoms with E-state index in [-0.39, 0.29) is 42.7 Å². The van der Waals surface area contributed by atoms with Gasteiger partial charge in [-0.3, -0.25) is 0 Å². The van der Waals surface area contributed by atoms with Gasteiger partial charge in [0.25, 0.3) is 5.69 Å². The number of hydrogen-bond donors (Lipinski definition) is 0. The predicted molar refractivity (Wildman–Crippen MR) is 289 cm³/mol. The molecule has 352 valence electrons. The molecule has 0 saturated heterocycles. The topological polar surface area (TPSA) is 33.1 Å². The van der Waals surface area contributed by atoms with Crippen molar-refractivity contribution in [3.63, 3.8) is 0 Å². The number of para-hydroxylation sites is 2. The van der Waals surface area contributed by atoms with Gasteiger partial charge in [0.15, 0.2) is 0 Å². The zero-order chi connectivity index (χ0) is 48.6. The number of hydrogen-bond acceptors (Lipinski definition) is 2. The van der Waals surface area contributed by atoms with Crippen LogP contribution < -0.4 is 13.9 Å². The van der Waals surface area contributed by atoms with Crippen LogP contribution in [-0.4, -0.2) is 15.6 Å². The fourth-order valence-electron chi connectivity index (χ4n) is 9.39. The average molecular weight is 1100 g/mol. The summed E-state index contributed by atoms with van der Waals surface area (Å²) in [5.41, 5.74) is 15.2. The summed E-state index contributed by atoms with van der Waals surface area (Å²) < 4.78 is 13.6. The Balaban J connectivity index is 0.00000608. The fraction of sp³-hybridized carbons (Fsp3) is 0.250. The molecule has 1 aliphatic rings. The van der Waals surface area contributed by atoms with Gasteiger partial charge in [-0.1, -0.05) is 196 Å². The van der Waals surface area contributed by atoms with E-state index in [9.17, 15) is 0 Å². The molecule has 0 saturated carbocycles. The minimum atomic E-state index is -0.0694. The van der Waals surface area contributed by atoms with Crippen molar-refractivity contribution in [1.29, 1.82) is 0 Å². The summed E-state index contributed by atoms with van der Waals surface area (Å²) >= 11 is 0. The second-order valence-corrected chi connectivity index (χ2v) is 22.7. The van der Waals surface area contributed by atoms with E-state index in [1.54, 1.807) is 0 Å². The molecule has 0 radical (unpaired) electrons. The molecule has 5 nitrogen and oxygen atoms in total. The van der Waals surface area contributed by atoms with Crippen molar-refractivity contribution in [3.05, 3.63) is 192 Å². The molecule has 0 unspecified atom stereocenters. The molecule has 0 atom stereocenters. The largest absolute Gasteiger partial charge is 2.00 e. The molecule has 7 aromatic carbocycles. The van der Waals surface area contributed by atoms with E-state index in [2.05, 4.69) is 254 Å². The molecular weight excluding hydrogens is 1040 g/mol. The maximum atomic E-state index is 6.94. The average Bonchev–Trinajstić information content (AvgIpc) is 3.87. The van der Waals surface area contributed by atoms with Crippen LogP contribution in [0.5, 0.6) is 11.5 Å². The van der Waals surface area contributed by atoms with E-state index in [4.69, 9.17) is 9.72 Å². The molecule has 0 spiro atoms. The third kappa shape index (κ3) is 9.14. The first-order valence-corrected chi connectivity index (χ1v) is 24.2. The van der Waals surface area contributed by atoms with Crippen molar-refractivity contribution < 1.29 is 25.8 Å². The summed E-state index contributed by atoms with van der Waals surface area (Å²) in [6.07, 6.45) is 1.91. The normalized spacial score (nSPS) is 13.0. The maximum Gasteiger partial charge on any atom is 2.00 e. The van der Waals surface area contributed by atoms with Crippen LogP contribution in [0.3, 0.4) is 0 Å². The van der Waals surface area contributed by atoms with Crippen molar-refractivity contribution in [1.82, 2.24) is 18.7 Å². The van der Waals surface area contributed by atoms with E-state index in [0.717, 1.165) is 72.6 Å². The van der Waals surface area contributed by atoms with Crippen LogP contribution in [0, 0.1) is 12.1 Å². The van der Waals surface area contributed by atoms with Crippen molar-refractivity contribution in [3.8, 4) is 39.6 Å². The van der Waals surface area contributed by atoms with Crippen molar-refractivity contribution in [2.45, 2.75) is 105 Å². The molecule has 0 bridgehead atoms. The molecule has 0 aliphatic carbocycles. The number of ether oxygens (including phenoxy) is 1. The first-order chi connectivity index (χ1) is 32.7. The summed E-state index contributed by atoms with van der Waals surface area (Å²) in [6, 6.07) is 65.6. The van der Waals surface area contributed by atoms with E-state index < -0.39 is 0 Å². The summed E-state index contributed by atoms with van der Waals surface area (Å²) in [7, 11) is 0. The third-order valence-electron chi connectivity index (χ3n) is 13.4. The Bertz CT molecular complexity index is 3510. The van der Waals surface area contributed by atoms with E-state index in [1.807, 2.05) is 18.3 Å². The van der Waals surface area contributed by atoms with Gasteiger partial charge in [0, 0.05) is 41.4 Å². The summed E-state index contributed by atoms with van der Waals surface area (Å²) in [5.74, 6) is 1.99. The number of rotatable bonds is 7. The summed E-state index contributed by atoms with van der Waals surface area (Å²) in [6.45, 7) is 27.3. The minimum Gasteiger partial charge on any atom is -0.509 e. The zero-order valence-corrected chi connectivity index (χ0v) is 44.8. The Morgan fingerprint density at radius 3 is 1.84 bits per heavy atom. The molecule has 70 heavy (non-hydrogen) atoms. The monoisotopic (exact) mass is 1100 g/mol. The number of pyridine rings is 1. The van der Waals surface area contributed by atoms with Crippen LogP contribution in [-0.2, 0) is 42.7 Å². The van der Waals surface area contributed by atoms with E-state index in [0.29, 0.717) is 11.5 Å². The molecular formula is C64H62N4OPt+2. The van der Waals surface area contributed by atoms with Crippen LogP contribution in [0.1, 0.15) is 105 Å². The molecule has 0 N–H and O–H groups in total. The van der Waals surface area contributed by atoms with Crippen molar-refractivity contribution in [2.24, 2.45) is 0 Å². The fourth-order valence-corrected chi connectivity index (χ4v) is 9.39. The zero-order valence-electron chi connectivity index (χ0n) is 42.5. The number of fused-ring (bicyclic) bond motifs is 4. The first-order valence-electron chi connectivity index (χ1n) is 24.2. The first kappa shape index (κ1) is 48.4. The van der Waals surface area contributed by atoms with Crippen LogP contribution in [0.25, 0.3) is 49.9 Å². The molecule has 0 amide bonds. The Labute approximate surface area is 429 Å². The summed E-state index contributed by atoms with van der Waals surface area (Å²) in [5, 5.41) is 2.22. The van der Waals surface area contributed by atoms with Gasteiger partial charge in [-0.2, -0.15) is 6.07 Å². The second kappa shape index (κ2) is 18.0. The SMILES string of the molecule is CC(C)(C)c1cccc(-c2cccc3c2[N+](c2cc(C(C)(C)C)cc(C(C)(C)C)c2)=C=[N+]3c2[c-]c(Oc3[c-]c4c(c(-c5ccccc5)c3)c3ccccc3n4-c3cc(C(C)(C)C)ccn3)ccc2)c1.[Pt+2]. The van der Waals surface area contributed by atoms with Gasteiger partial charge >= 0.3 is 32.8 Å². The molecule has 2 aromatic heterocycles. The Morgan fingerprint density at radius 2 is 1.14 bits per heavy atom. The summed E-state index contributed by atoms with van der Waals surface area (Å²) in [4.78, 5) is 4.97. The number of aromatic nitrogens is 2. The van der Waals surface area contributed by atoms with Gasteiger partial charge in [-0.25, -0.2) is 4.98 Å². The third-order valence-corrected chi connectivity index (χ3v) is 13.4. The number of benzene rings is 7. The van der Waals surface area contributed by atoms with Crippen LogP contribution in [0.4, 0.5) is 22.7 Å². The Kier molecular flexibility index (Phi) is 12.4. The van der Waals surface area contributed by atoms with E-state index >= 15 is 0 Å². The molecule has 9 aromatic rings. The quantitative estimate of drug-likeness (QED) is 0.118. The second-order valence-electron chi connectivity index (χ2n) is 22.7. The van der Waals surface area contributed by atoms with E-state index in [1.165, 1.54) is 22.3 Å². The molecule has 3 heterocycles. The van der Waals surface area contributed by atoms with Gasteiger partial charge in [-0.15, -0.1) is 23.8 Å². The van der Waals surface area contributed by atoms with Gasteiger partial charge in [0.1, 0.15) is 11.5 Å². The molecule has 6 heteroatoms. The van der Waals surface area contributed by atoms with Crippen LogP contribution in [0.15, 0.2) is 158 Å².